The van der Waals surface area contributed by atoms with E-state index in [0.29, 0.717) is 11.4 Å². The zero-order valence-electron chi connectivity index (χ0n) is 16.1. The van der Waals surface area contributed by atoms with E-state index in [0.717, 1.165) is 28.9 Å². The van der Waals surface area contributed by atoms with Crippen LogP contribution in [0.1, 0.15) is 16.5 Å². The van der Waals surface area contributed by atoms with Crippen molar-refractivity contribution in [3.05, 3.63) is 89.7 Å². The van der Waals surface area contributed by atoms with Crippen LogP contribution >= 0.6 is 11.8 Å². The predicted molar refractivity (Wildman–Crippen MR) is 118 cm³/mol. The molecule has 1 aliphatic rings. The highest BCUT2D eigenvalue weighted by atomic mass is 32.2. The van der Waals surface area contributed by atoms with Crippen LogP contribution in [0.25, 0.3) is 0 Å². The third-order valence-corrected chi connectivity index (χ3v) is 7.33. The van der Waals surface area contributed by atoms with Crippen LogP contribution in [0.4, 0.5) is 15.8 Å². The Labute approximate surface area is 179 Å². The molecule has 3 aromatic carbocycles. The van der Waals surface area contributed by atoms with Gasteiger partial charge in [0, 0.05) is 11.4 Å². The summed E-state index contributed by atoms with van der Waals surface area (Å²) < 4.78 is 40.5. The average Bonchev–Trinajstić information content (AvgIpc) is 3.10. The lowest BCUT2D eigenvalue weighted by molar-refractivity contribution is -0.115. The van der Waals surface area contributed by atoms with Crippen LogP contribution < -0.4 is 9.62 Å². The lowest BCUT2D eigenvalue weighted by Gasteiger charge is -2.25. The van der Waals surface area contributed by atoms with Gasteiger partial charge in [-0.2, -0.15) is 0 Å². The molecular weight excluding hydrogens is 423 g/mol. The van der Waals surface area contributed by atoms with Gasteiger partial charge in [0.15, 0.2) is 0 Å². The third-order valence-electron chi connectivity index (χ3n) is 4.72. The number of benzene rings is 3. The van der Waals surface area contributed by atoms with Crippen molar-refractivity contribution >= 4 is 39.1 Å². The Morgan fingerprint density at radius 1 is 1.03 bits per heavy atom. The highest BCUT2D eigenvalue weighted by Crippen LogP contribution is 2.42. The summed E-state index contributed by atoms with van der Waals surface area (Å²) in [7, 11) is -3.82. The molecule has 8 heteroatoms. The van der Waals surface area contributed by atoms with Crippen molar-refractivity contribution < 1.29 is 17.6 Å². The lowest BCUT2D eigenvalue weighted by atomic mass is 10.1. The number of rotatable bonds is 5. The van der Waals surface area contributed by atoms with Gasteiger partial charge >= 0.3 is 0 Å². The number of carbonyl (C=O) groups is 1. The molecule has 1 amide bonds. The summed E-state index contributed by atoms with van der Waals surface area (Å²) in [5, 5.41) is -0.179. The Morgan fingerprint density at radius 2 is 1.73 bits per heavy atom. The van der Waals surface area contributed by atoms with Gasteiger partial charge < -0.3 is 0 Å². The molecule has 0 spiro atoms. The molecule has 1 saturated heterocycles. The first-order valence-corrected chi connectivity index (χ1v) is 11.8. The van der Waals surface area contributed by atoms with Gasteiger partial charge in [0.1, 0.15) is 11.2 Å². The summed E-state index contributed by atoms with van der Waals surface area (Å²) in [6, 6.07) is 19.4. The number of halogens is 1. The van der Waals surface area contributed by atoms with Crippen LogP contribution in [0.5, 0.6) is 0 Å². The molecular formula is C22H19FN2O3S2. The van der Waals surface area contributed by atoms with Gasteiger partial charge in [-0.25, -0.2) is 12.8 Å². The minimum atomic E-state index is -3.82. The van der Waals surface area contributed by atoms with Gasteiger partial charge in [0.05, 0.1) is 10.6 Å². The van der Waals surface area contributed by atoms with E-state index in [1.165, 1.54) is 23.9 Å². The molecule has 0 radical (unpaired) electrons. The van der Waals surface area contributed by atoms with Gasteiger partial charge in [-0.15, -0.1) is 11.8 Å². The first-order chi connectivity index (χ1) is 14.3. The maximum Gasteiger partial charge on any atom is 0.261 e. The molecule has 5 nitrogen and oxygen atoms in total. The molecule has 4 rings (SSSR count). The van der Waals surface area contributed by atoms with Crippen molar-refractivity contribution in [3.63, 3.8) is 0 Å². The van der Waals surface area contributed by atoms with Crippen molar-refractivity contribution in [1.29, 1.82) is 0 Å². The molecule has 3 aromatic rings. The maximum atomic E-state index is 13.1. The van der Waals surface area contributed by atoms with E-state index >= 15 is 0 Å². The zero-order chi connectivity index (χ0) is 21.3. The number of anilines is 2. The van der Waals surface area contributed by atoms with Crippen LogP contribution in [0, 0.1) is 12.7 Å². The monoisotopic (exact) mass is 442 g/mol. The Balaban J connectivity index is 1.55. The summed E-state index contributed by atoms with van der Waals surface area (Å²) in [4.78, 5) is 14.2. The van der Waals surface area contributed by atoms with Crippen molar-refractivity contribution in [2.24, 2.45) is 0 Å². The normalized spacial score (nSPS) is 16.7. The van der Waals surface area contributed by atoms with E-state index in [1.807, 2.05) is 43.3 Å². The molecule has 154 valence electrons. The summed E-state index contributed by atoms with van der Waals surface area (Å²) in [6.07, 6.45) is 0. The number of hydrogen-bond acceptors (Lipinski definition) is 4. The fourth-order valence-electron chi connectivity index (χ4n) is 3.27. The predicted octanol–water partition coefficient (Wildman–Crippen LogP) is 4.71. The number of carbonyl (C=O) groups excluding carboxylic acids is 1. The molecule has 1 heterocycles. The minimum Gasteiger partial charge on any atom is -0.295 e. The number of thioether (sulfide) groups is 1. The van der Waals surface area contributed by atoms with E-state index in [2.05, 4.69) is 4.72 Å². The van der Waals surface area contributed by atoms with Crippen molar-refractivity contribution in [1.82, 2.24) is 0 Å². The zero-order valence-corrected chi connectivity index (χ0v) is 17.7. The molecule has 1 fully saturated rings. The van der Waals surface area contributed by atoms with Crippen LogP contribution in [0.2, 0.25) is 0 Å². The summed E-state index contributed by atoms with van der Waals surface area (Å²) >= 11 is 1.53. The second-order valence-electron chi connectivity index (χ2n) is 6.95. The highest BCUT2D eigenvalue weighted by molar-refractivity contribution is 8.00. The first-order valence-electron chi connectivity index (χ1n) is 9.22. The largest absolute Gasteiger partial charge is 0.295 e. The number of nitrogens with one attached hydrogen (secondary N) is 1. The molecule has 1 N–H and O–H groups in total. The second-order valence-corrected chi connectivity index (χ2v) is 9.70. The summed E-state index contributed by atoms with van der Waals surface area (Å²) in [5.41, 5.74) is 3.20. The van der Waals surface area contributed by atoms with Crippen LogP contribution in [-0.4, -0.2) is 20.1 Å². The molecule has 0 saturated carbocycles. The summed E-state index contributed by atoms with van der Waals surface area (Å²) in [5.74, 6) is -0.0749. The maximum absolute atomic E-state index is 13.1. The van der Waals surface area contributed by atoms with Crippen LogP contribution in [-0.2, 0) is 14.8 Å². The van der Waals surface area contributed by atoms with E-state index in [9.17, 15) is 17.6 Å². The third kappa shape index (κ3) is 4.20. The average molecular weight is 443 g/mol. The van der Waals surface area contributed by atoms with Gasteiger partial charge in [-0.05, 0) is 66.6 Å². The lowest BCUT2D eigenvalue weighted by Crippen LogP contribution is -2.27. The molecule has 0 aliphatic carbocycles. The molecule has 30 heavy (non-hydrogen) atoms. The molecule has 1 unspecified atom stereocenters. The first kappa shape index (κ1) is 20.4. The number of sulfonamides is 1. The smallest absolute Gasteiger partial charge is 0.261 e. The number of aryl methyl sites for hydroxylation is 1. The van der Waals surface area contributed by atoms with Crippen molar-refractivity contribution in [2.45, 2.75) is 17.2 Å². The Kier molecular flexibility index (Phi) is 5.53. The Bertz CT molecular complexity index is 1180. The molecule has 1 atom stereocenters. The number of nitrogens with zero attached hydrogens (tertiary/aromatic N) is 1. The number of hydrogen-bond donors (Lipinski definition) is 1. The van der Waals surface area contributed by atoms with E-state index < -0.39 is 15.8 Å². The quantitative estimate of drug-likeness (QED) is 0.621. The van der Waals surface area contributed by atoms with E-state index in [-0.39, 0.29) is 16.2 Å². The molecule has 1 aliphatic heterocycles. The Hall–Kier alpha value is -2.84. The minimum absolute atomic E-state index is 0.0180. The number of amides is 1. The van der Waals surface area contributed by atoms with Crippen molar-refractivity contribution in [2.75, 3.05) is 15.4 Å². The van der Waals surface area contributed by atoms with Gasteiger partial charge in [-0.1, -0.05) is 24.3 Å². The fourth-order valence-corrected chi connectivity index (χ4v) is 5.51. The topological polar surface area (TPSA) is 66.5 Å². The van der Waals surface area contributed by atoms with Crippen LogP contribution in [0.3, 0.4) is 0 Å². The van der Waals surface area contributed by atoms with E-state index in [4.69, 9.17) is 0 Å². The molecule has 0 bridgehead atoms. The highest BCUT2D eigenvalue weighted by Gasteiger charge is 2.34. The van der Waals surface area contributed by atoms with Gasteiger partial charge in [-0.3, -0.25) is 14.4 Å². The van der Waals surface area contributed by atoms with Crippen molar-refractivity contribution in [3.8, 4) is 0 Å². The SMILES string of the molecule is Cc1cccc(N2C(=O)CSC2c2ccc(NS(=O)(=O)c3ccc(F)cc3)cc2)c1. The fraction of sp³-hybridized carbons (Fsp3) is 0.136. The Morgan fingerprint density at radius 3 is 2.40 bits per heavy atom. The second kappa shape index (κ2) is 8.12. The summed E-state index contributed by atoms with van der Waals surface area (Å²) in [6.45, 7) is 1.98. The molecule has 0 aromatic heterocycles. The standard InChI is InChI=1S/C22H19FN2O3S2/c1-15-3-2-4-19(13-15)25-21(26)14-29-22(25)16-5-9-18(10-6-16)24-30(27,28)20-11-7-17(23)8-12-20/h2-13,22,24H,14H2,1H3. The van der Waals surface area contributed by atoms with Gasteiger partial charge in [0.2, 0.25) is 5.91 Å². The van der Waals surface area contributed by atoms with Crippen LogP contribution in [0.15, 0.2) is 77.7 Å². The van der Waals surface area contributed by atoms with Gasteiger partial charge in [0.25, 0.3) is 10.0 Å². The van der Waals surface area contributed by atoms with E-state index in [1.54, 1.807) is 17.0 Å².